The molecule has 1 saturated heterocycles. The topological polar surface area (TPSA) is 53.3 Å². The van der Waals surface area contributed by atoms with Gasteiger partial charge >= 0.3 is 0 Å². The highest BCUT2D eigenvalue weighted by Gasteiger charge is 2.24. The Labute approximate surface area is 109 Å². The van der Waals surface area contributed by atoms with Crippen LogP contribution in [-0.4, -0.2) is 36.6 Å². The van der Waals surface area contributed by atoms with Crippen LogP contribution in [0.5, 0.6) is 0 Å². The summed E-state index contributed by atoms with van der Waals surface area (Å²) in [5.41, 5.74) is 0.406. The lowest BCUT2D eigenvalue weighted by Crippen LogP contribution is -2.45. The molecule has 1 aliphatic rings. The number of nitrogens with zero attached hydrogens (tertiary/aromatic N) is 2. The third-order valence-corrected chi connectivity index (χ3v) is 2.90. The average molecular weight is 266 g/mol. The summed E-state index contributed by atoms with van der Waals surface area (Å²) in [6.07, 6.45) is -0.641. The zero-order chi connectivity index (χ0) is 13.8. The standard InChI is InChI=1S/C13H12F2N2O2/c14-11-2-1-9(5-12(11)15)6-13(18)17-3-4-19-10(7-16)8-17/h1-2,5,10H,3-4,6,8H2. The molecule has 1 unspecified atom stereocenters. The number of morpholine rings is 1. The Morgan fingerprint density at radius 2 is 2.26 bits per heavy atom. The number of hydrogen-bond acceptors (Lipinski definition) is 3. The molecule has 100 valence electrons. The fraction of sp³-hybridized carbons (Fsp3) is 0.385. The molecule has 2 rings (SSSR count). The van der Waals surface area contributed by atoms with E-state index in [0.717, 1.165) is 12.1 Å². The fourth-order valence-electron chi connectivity index (χ4n) is 1.89. The van der Waals surface area contributed by atoms with Crippen molar-refractivity contribution in [2.45, 2.75) is 12.5 Å². The van der Waals surface area contributed by atoms with E-state index in [4.69, 9.17) is 10.00 Å². The summed E-state index contributed by atoms with van der Waals surface area (Å²) in [6, 6.07) is 5.32. The van der Waals surface area contributed by atoms with Crippen LogP contribution in [0.4, 0.5) is 8.78 Å². The monoisotopic (exact) mass is 266 g/mol. The van der Waals surface area contributed by atoms with Crippen LogP contribution in [-0.2, 0) is 16.0 Å². The van der Waals surface area contributed by atoms with Gasteiger partial charge in [0.25, 0.3) is 0 Å². The number of carbonyl (C=O) groups excluding carboxylic acids is 1. The van der Waals surface area contributed by atoms with Crippen LogP contribution in [0.2, 0.25) is 0 Å². The van der Waals surface area contributed by atoms with E-state index in [-0.39, 0.29) is 18.9 Å². The summed E-state index contributed by atoms with van der Waals surface area (Å²) in [6.45, 7) is 0.918. The Hall–Kier alpha value is -2.00. The van der Waals surface area contributed by atoms with Gasteiger partial charge in [-0.05, 0) is 17.7 Å². The first-order chi connectivity index (χ1) is 9.10. The number of amides is 1. The van der Waals surface area contributed by atoms with E-state index in [1.54, 1.807) is 0 Å². The van der Waals surface area contributed by atoms with Crippen LogP contribution in [0.15, 0.2) is 18.2 Å². The van der Waals surface area contributed by atoms with Crippen LogP contribution in [0.3, 0.4) is 0 Å². The Kier molecular flexibility index (Phi) is 4.07. The van der Waals surface area contributed by atoms with Crippen molar-refractivity contribution in [3.63, 3.8) is 0 Å². The summed E-state index contributed by atoms with van der Waals surface area (Å²) < 4.78 is 30.9. The Bertz CT molecular complexity index is 528. The van der Waals surface area contributed by atoms with Crippen LogP contribution < -0.4 is 0 Å². The molecule has 1 aromatic rings. The molecular weight excluding hydrogens is 254 g/mol. The molecular formula is C13H12F2N2O2. The highest BCUT2D eigenvalue weighted by molar-refractivity contribution is 5.79. The predicted octanol–water partition coefficient (Wildman–Crippen LogP) is 1.26. The lowest BCUT2D eigenvalue weighted by molar-refractivity contribution is -0.136. The van der Waals surface area contributed by atoms with Crippen molar-refractivity contribution in [2.75, 3.05) is 19.7 Å². The van der Waals surface area contributed by atoms with Gasteiger partial charge < -0.3 is 9.64 Å². The molecule has 1 aliphatic heterocycles. The van der Waals surface area contributed by atoms with Crippen molar-refractivity contribution in [3.8, 4) is 6.07 Å². The lowest BCUT2D eigenvalue weighted by atomic mass is 10.1. The second-order valence-corrected chi connectivity index (χ2v) is 4.25. The number of carbonyl (C=O) groups is 1. The molecule has 0 bridgehead atoms. The van der Waals surface area contributed by atoms with Crippen molar-refractivity contribution < 1.29 is 18.3 Å². The molecule has 0 saturated carbocycles. The molecule has 19 heavy (non-hydrogen) atoms. The van der Waals surface area contributed by atoms with Gasteiger partial charge in [-0.25, -0.2) is 8.78 Å². The van der Waals surface area contributed by atoms with E-state index < -0.39 is 17.7 Å². The van der Waals surface area contributed by atoms with E-state index in [9.17, 15) is 13.6 Å². The summed E-state index contributed by atoms with van der Waals surface area (Å²) in [7, 11) is 0. The molecule has 4 nitrogen and oxygen atoms in total. The van der Waals surface area contributed by atoms with Crippen LogP contribution in [0.1, 0.15) is 5.56 Å². The molecule has 1 aromatic carbocycles. The van der Waals surface area contributed by atoms with Crippen molar-refractivity contribution in [3.05, 3.63) is 35.4 Å². The average Bonchev–Trinajstić information content (AvgIpc) is 2.43. The van der Waals surface area contributed by atoms with Gasteiger partial charge in [0.05, 0.1) is 25.6 Å². The third-order valence-electron chi connectivity index (χ3n) is 2.90. The number of ether oxygens (including phenoxy) is 1. The number of hydrogen-bond donors (Lipinski definition) is 0. The number of rotatable bonds is 2. The van der Waals surface area contributed by atoms with Crippen LogP contribution >= 0.6 is 0 Å². The highest BCUT2D eigenvalue weighted by atomic mass is 19.2. The van der Waals surface area contributed by atoms with Gasteiger partial charge in [0.2, 0.25) is 5.91 Å². The van der Waals surface area contributed by atoms with Crippen molar-refractivity contribution in [1.82, 2.24) is 4.90 Å². The molecule has 0 aliphatic carbocycles. The minimum absolute atomic E-state index is 0.0185. The molecule has 0 N–H and O–H groups in total. The maximum Gasteiger partial charge on any atom is 0.227 e. The van der Waals surface area contributed by atoms with Gasteiger partial charge in [0.15, 0.2) is 17.7 Å². The van der Waals surface area contributed by atoms with Gasteiger partial charge in [-0.3, -0.25) is 4.79 Å². The quantitative estimate of drug-likeness (QED) is 0.809. The van der Waals surface area contributed by atoms with Gasteiger partial charge in [-0.15, -0.1) is 0 Å². The van der Waals surface area contributed by atoms with E-state index in [2.05, 4.69) is 0 Å². The number of benzene rings is 1. The van der Waals surface area contributed by atoms with Crippen molar-refractivity contribution >= 4 is 5.91 Å². The molecule has 1 heterocycles. The SMILES string of the molecule is N#CC1CN(C(=O)Cc2ccc(F)c(F)c2)CCO1. The molecule has 0 spiro atoms. The van der Waals surface area contributed by atoms with Crippen LogP contribution in [0.25, 0.3) is 0 Å². The Morgan fingerprint density at radius 3 is 2.95 bits per heavy atom. The van der Waals surface area contributed by atoms with E-state index in [1.807, 2.05) is 6.07 Å². The summed E-state index contributed by atoms with van der Waals surface area (Å²) in [5, 5.41) is 8.74. The Morgan fingerprint density at radius 1 is 1.47 bits per heavy atom. The zero-order valence-corrected chi connectivity index (χ0v) is 10.1. The largest absolute Gasteiger partial charge is 0.360 e. The van der Waals surface area contributed by atoms with Gasteiger partial charge in [-0.1, -0.05) is 6.07 Å². The van der Waals surface area contributed by atoms with E-state index in [1.165, 1.54) is 11.0 Å². The molecule has 1 amide bonds. The first kappa shape index (κ1) is 13.4. The second kappa shape index (κ2) is 5.76. The van der Waals surface area contributed by atoms with Gasteiger partial charge in [-0.2, -0.15) is 5.26 Å². The highest BCUT2D eigenvalue weighted by Crippen LogP contribution is 2.12. The number of nitriles is 1. The second-order valence-electron chi connectivity index (χ2n) is 4.25. The fourth-order valence-corrected chi connectivity index (χ4v) is 1.89. The summed E-state index contributed by atoms with van der Waals surface area (Å²) in [5.74, 6) is -2.14. The van der Waals surface area contributed by atoms with E-state index >= 15 is 0 Å². The normalized spacial score (nSPS) is 19.0. The Balaban J connectivity index is 2.00. The van der Waals surface area contributed by atoms with Gasteiger partial charge in [0.1, 0.15) is 0 Å². The van der Waals surface area contributed by atoms with E-state index in [0.29, 0.717) is 18.7 Å². The van der Waals surface area contributed by atoms with Crippen molar-refractivity contribution in [1.29, 1.82) is 5.26 Å². The molecule has 1 fully saturated rings. The first-order valence-electron chi connectivity index (χ1n) is 5.83. The molecule has 0 radical (unpaired) electrons. The lowest BCUT2D eigenvalue weighted by Gasteiger charge is -2.29. The van der Waals surface area contributed by atoms with Crippen molar-refractivity contribution in [2.24, 2.45) is 0 Å². The van der Waals surface area contributed by atoms with Crippen LogP contribution in [0, 0.1) is 23.0 Å². The summed E-state index contributed by atoms with van der Waals surface area (Å²) >= 11 is 0. The summed E-state index contributed by atoms with van der Waals surface area (Å²) in [4.78, 5) is 13.5. The molecule has 6 heteroatoms. The first-order valence-corrected chi connectivity index (χ1v) is 5.83. The zero-order valence-electron chi connectivity index (χ0n) is 10.1. The molecule has 1 atom stereocenters. The maximum absolute atomic E-state index is 13.0. The number of halogens is 2. The van der Waals surface area contributed by atoms with Gasteiger partial charge in [0, 0.05) is 6.54 Å². The third kappa shape index (κ3) is 3.26. The smallest absolute Gasteiger partial charge is 0.227 e. The molecule has 0 aromatic heterocycles. The predicted molar refractivity (Wildman–Crippen MR) is 62.0 cm³/mol. The minimum Gasteiger partial charge on any atom is -0.360 e. The maximum atomic E-state index is 13.0. The minimum atomic E-state index is -0.970.